The first kappa shape index (κ1) is 25.2. The average molecular weight is 584 g/mol. The molecule has 0 aliphatic rings. The largest absolute Gasteiger partial charge is 0.208 e. The first-order valence-corrected chi connectivity index (χ1v) is 15.6. The molecule has 9 aromatic carbocycles. The maximum atomic E-state index is 5.10. The topological polar surface area (TPSA) is 38.7 Å². The zero-order valence-corrected chi connectivity index (χ0v) is 24.8. The zero-order chi connectivity index (χ0) is 30.2. The Hall–Kier alpha value is -6.19. The Kier molecular flexibility index (Phi) is 5.28. The minimum atomic E-state index is 0.659. The Bertz CT molecular complexity index is 2720. The number of hydrogen-bond donors (Lipinski definition) is 0. The number of benzene rings is 8. The molecule has 0 atom stereocenters. The smallest absolute Gasteiger partial charge is 0.164 e. The normalized spacial score (nSPS) is 11.9. The highest BCUT2D eigenvalue weighted by Gasteiger charge is 2.18. The number of nitrogens with zero attached hydrogens (tertiary/aromatic N) is 3. The van der Waals surface area contributed by atoms with Gasteiger partial charge in [-0.2, -0.15) is 0 Å². The number of aromatic nitrogens is 3. The second-order valence-electron chi connectivity index (χ2n) is 12.0. The molecular weight excluding hydrogens is 558 g/mol. The highest BCUT2D eigenvalue weighted by atomic mass is 15.0. The third-order valence-electron chi connectivity index (χ3n) is 9.38. The van der Waals surface area contributed by atoms with Crippen molar-refractivity contribution in [3.8, 4) is 34.2 Å². The van der Waals surface area contributed by atoms with Gasteiger partial charge in [-0.15, -0.1) is 0 Å². The van der Waals surface area contributed by atoms with Crippen molar-refractivity contribution < 1.29 is 0 Å². The van der Waals surface area contributed by atoms with Crippen LogP contribution in [0, 0.1) is 0 Å². The molecule has 10 aromatic rings. The monoisotopic (exact) mass is 583 g/mol. The summed E-state index contributed by atoms with van der Waals surface area (Å²) in [5, 5.41) is 15.0. The molecule has 0 saturated carbocycles. The van der Waals surface area contributed by atoms with E-state index < -0.39 is 0 Å². The fourth-order valence-electron chi connectivity index (χ4n) is 7.35. The van der Waals surface area contributed by atoms with E-state index in [1.165, 1.54) is 64.6 Å². The number of fused-ring (bicyclic) bond motifs is 2. The van der Waals surface area contributed by atoms with Gasteiger partial charge in [-0.1, -0.05) is 140 Å². The zero-order valence-electron chi connectivity index (χ0n) is 24.8. The van der Waals surface area contributed by atoms with E-state index in [-0.39, 0.29) is 0 Å². The molecule has 0 N–H and O–H groups in total. The molecule has 0 spiro atoms. The summed E-state index contributed by atoms with van der Waals surface area (Å²) in [6, 6.07) is 54.0. The van der Waals surface area contributed by atoms with Crippen LogP contribution in [0.25, 0.3) is 98.8 Å². The van der Waals surface area contributed by atoms with E-state index in [4.69, 9.17) is 15.0 Å². The van der Waals surface area contributed by atoms with Gasteiger partial charge < -0.3 is 0 Å². The maximum absolute atomic E-state index is 5.10. The van der Waals surface area contributed by atoms with E-state index in [1.54, 1.807) is 0 Å². The molecule has 46 heavy (non-hydrogen) atoms. The molecule has 0 bridgehead atoms. The molecule has 0 radical (unpaired) electrons. The van der Waals surface area contributed by atoms with E-state index in [9.17, 15) is 0 Å². The lowest BCUT2D eigenvalue weighted by atomic mass is 9.87. The second-order valence-corrected chi connectivity index (χ2v) is 12.0. The van der Waals surface area contributed by atoms with Gasteiger partial charge in [-0.3, -0.25) is 0 Å². The first-order valence-electron chi connectivity index (χ1n) is 15.6. The summed E-state index contributed by atoms with van der Waals surface area (Å²) in [7, 11) is 0. The van der Waals surface area contributed by atoms with Gasteiger partial charge in [0.05, 0.1) is 0 Å². The lowest BCUT2D eigenvalue weighted by molar-refractivity contribution is 1.07. The van der Waals surface area contributed by atoms with Crippen LogP contribution in [0.3, 0.4) is 0 Å². The summed E-state index contributed by atoms with van der Waals surface area (Å²) < 4.78 is 0. The minimum absolute atomic E-state index is 0.659. The average Bonchev–Trinajstić information content (AvgIpc) is 3.13. The predicted octanol–water partition coefficient (Wildman–Crippen LogP) is 11.2. The van der Waals surface area contributed by atoms with Crippen LogP contribution in [0.1, 0.15) is 0 Å². The summed E-state index contributed by atoms with van der Waals surface area (Å²) in [6.07, 6.45) is 0. The molecule has 3 nitrogen and oxygen atoms in total. The van der Waals surface area contributed by atoms with Crippen LogP contribution in [0.2, 0.25) is 0 Å². The number of hydrogen-bond acceptors (Lipinski definition) is 3. The lowest BCUT2D eigenvalue weighted by Gasteiger charge is -2.17. The van der Waals surface area contributed by atoms with E-state index >= 15 is 0 Å². The van der Waals surface area contributed by atoms with Crippen molar-refractivity contribution in [2.75, 3.05) is 0 Å². The summed E-state index contributed by atoms with van der Waals surface area (Å²) in [6.45, 7) is 0. The molecule has 0 fully saturated rings. The van der Waals surface area contributed by atoms with Gasteiger partial charge in [0.25, 0.3) is 0 Å². The SMILES string of the molecule is c1ccc(-c2nc(-c3ccccc3)nc(-c3cc4ccc5cccc6c7cccc8ccc9cccc(c(c3)c4c56)c9c87)n2)cc1. The van der Waals surface area contributed by atoms with Crippen molar-refractivity contribution in [2.45, 2.75) is 0 Å². The van der Waals surface area contributed by atoms with Gasteiger partial charge in [-0.25, -0.2) is 15.0 Å². The van der Waals surface area contributed by atoms with E-state index in [2.05, 4.69) is 115 Å². The molecule has 1 heterocycles. The van der Waals surface area contributed by atoms with Crippen LogP contribution >= 0.6 is 0 Å². The molecular formula is C43H25N3. The number of rotatable bonds is 3. The summed E-state index contributed by atoms with van der Waals surface area (Å²) >= 11 is 0. The summed E-state index contributed by atoms with van der Waals surface area (Å²) in [4.78, 5) is 15.1. The third kappa shape index (κ3) is 3.69. The fourth-order valence-corrected chi connectivity index (χ4v) is 7.35. The third-order valence-corrected chi connectivity index (χ3v) is 9.38. The van der Waals surface area contributed by atoms with Gasteiger partial charge in [0, 0.05) is 16.7 Å². The molecule has 0 unspecified atom stereocenters. The Morgan fingerprint density at radius 3 is 1.13 bits per heavy atom. The van der Waals surface area contributed by atoms with E-state index in [1.807, 2.05) is 36.4 Å². The Morgan fingerprint density at radius 1 is 0.261 bits per heavy atom. The predicted molar refractivity (Wildman–Crippen MR) is 192 cm³/mol. The van der Waals surface area contributed by atoms with Crippen LogP contribution in [0.5, 0.6) is 0 Å². The van der Waals surface area contributed by atoms with Crippen molar-refractivity contribution >= 4 is 64.6 Å². The second kappa shape index (κ2) is 9.65. The summed E-state index contributed by atoms with van der Waals surface area (Å²) in [5.41, 5.74) is 2.89. The fraction of sp³-hybridized carbons (Fsp3) is 0. The molecule has 0 saturated heterocycles. The van der Waals surface area contributed by atoms with Gasteiger partial charge in [0.15, 0.2) is 17.5 Å². The molecule has 0 aliphatic heterocycles. The minimum Gasteiger partial charge on any atom is -0.208 e. The molecule has 1 aromatic heterocycles. The molecule has 10 rings (SSSR count). The van der Waals surface area contributed by atoms with Crippen LogP contribution in [0.4, 0.5) is 0 Å². The Balaban J connectivity index is 1.39. The Morgan fingerprint density at radius 2 is 0.652 bits per heavy atom. The van der Waals surface area contributed by atoms with Crippen LogP contribution in [-0.4, -0.2) is 15.0 Å². The van der Waals surface area contributed by atoms with Crippen molar-refractivity contribution in [1.29, 1.82) is 0 Å². The van der Waals surface area contributed by atoms with Crippen LogP contribution in [0.15, 0.2) is 152 Å². The molecule has 0 amide bonds. The highest BCUT2D eigenvalue weighted by molar-refractivity contribution is 6.37. The standard InChI is InChI=1S/C43H25N3/c1-3-10-29(11-4-1)41-44-42(30-12-5-2-6-13-30)46-43(45-41)32-24-31-23-22-28-15-8-18-34-33-17-7-14-26-20-21-27-16-9-19-35(39(27)37(26)33)36(25-32)40(31)38(28)34/h1-25H. The first-order chi connectivity index (χ1) is 22.8. The van der Waals surface area contributed by atoms with Gasteiger partial charge in [0.2, 0.25) is 0 Å². The maximum Gasteiger partial charge on any atom is 0.164 e. The van der Waals surface area contributed by atoms with Crippen molar-refractivity contribution in [3.05, 3.63) is 152 Å². The quantitative estimate of drug-likeness (QED) is 0.194. The van der Waals surface area contributed by atoms with Gasteiger partial charge >= 0.3 is 0 Å². The van der Waals surface area contributed by atoms with Gasteiger partial charge in [-0.05, 0) is 76.8 Å². The molecule has 3 heteroatoms. The summed E-state index contributed by atoms with van der Waals surface area (Å²) in [5.74, 6) is 1.98. The van der Waals surface area contributed by atoms with Crippen molar-refractivity contribution in [2.24, 2.45) is 0 Å². The Labute approximate surface area is 264 Å². The van der Waals surface area contributed by atoms with E-state index in [0.717, 1.165) is 16.7 Å². The molecule has 0 aliphatic carbocycles. The van der Waals surface area contributed by atoms with Crippen LogP contribution < -0.4 is 0 Å². The van der Waals surface area contributed by atoms with Crippen molar-refractivity contribution in [3.63, 3.8) is 0 Å². The van der Waals surface area contributed by atoms with E-state index in [0.29, 0.717) is 17.5 Å². The highest BCUT2D eigenvalue weighted by Crippen LogP contribution is 2.44. The van der Waals surface area contributed by atoms with Crippen molar-refractivity contribution in [1.82, 2.24) is 15.0 Å². The molecule has 212 valence electrons. The van der Waals surface area contributed by atoms with Gasteiger partial charge in [0.1, 0.15) is 0 Å². The lowest BCUT2D eigenvalue weighted by Crippen LogP contribution is -2.00. The van der Waals surface area contributed by atoms with Crippen LogP contribution in [-0.2, 0) is 0 Å².